The molecule has 26 heavy (non-hydrogen) atoms. The highest BCUT2D eigenvalue weighted by Crippen LogP contribution is 2.31. The number of H-pyrrole nitrogens is 1. The van der Waals surface area contributed by atoms with Gasteiger partial charge in [0.05, 0.1) is 0 Å². The number of amides is 1. The Balaban J connectivity index is 1.51. The fourth-order valence-corrected chi connectivity index (χ4v) is 3.71. The quantitative estimate of drug-likeness (QED) is 0.549. The standard InChI is InChI=1S/C23H20N2O/c26-23(21-7-3-5-17-4-1-2-6-20(17)21)25(19-10-11-19)15-16-8-9-18-12-13-24-22(18)14-16/h1-9,12-14,19,24H,10-11,15H2. The van der Waals surface area contributed by atoms with Gasteiger partial charge in [-0.1, -0.05) is 48.5 Å². The van der Waals surface area contributed by atoms with E-state index in [1.807, 2.05) is 41.4 Å². The molecule has 1 heterocycles. The minimum Gasteiger partial charge on any atom is -0.361 e. The average Bonchev–Trinajstić information content (AvgIpc) is 3.42. The highest BCUT2D eigenvalue weighted by Gasteiger charge is 2.33. The van der Waals surface area contributed by atoms with Crippen molar-refractivity contribution in [2.24, 2.45) is 0 Å². The minimum absolute atomic E-state index is 0.135. The molecule has 0 unspecified atom stereocenters. The third-order valence-corrected chi connectivity index (χ3v) is 5.24. The van der Waals surface area contributed by atoms with E-state index in [0.717, 1.165) is 34.7 Å². The first-order chi connectivity index (χ1) is 12.8. The SMILES string of the molecule is O=C(c1cccc2ccccc12)N(Cc1ccc2cc[nH]c2c1)C1CC1. The van der Waals surface area contributed by atoms with Gasteiger partial charge in [0.1, 0.15) is 0 Å². The summed E-state index contributed by atoms with van der Waals surface area (Å²) < 4.78 is 0. The van der Waals surface area contributed by atoms with Crippen molar-refractivity contribution < 1.29 is 4.79 Å². The number of hydrogen-bond donors (Lipinski definition) is 1. The Hall–Kier alpha value is -3.07. The molecule has 3 nitrogen and oxygen atoms in total. The molecule has 0 spiro atoms. The van der Waals surface area contributed by atoms with E-state index in [9.17, 15) is 4.79 Å². The van der Waals surface area contributed by atoms with Crippen LogP contribution in [0.25, 0.3) is 21.7 Å². The first kappa shape index (κ1) is 15.2. The van der Waals surface area contributed by atoms with Gasteiger partial charge in [0, 0.05) is 29.9 Å². The maximum atomic E-state index is 13.4. The first-order valence-electron chi connectivity index (χ1n) is 9.14. The molecule has 3 aromatic carbocycles. The zero-order valence-corrected chi connectivity index (χ0v) is 14.5. The van der Waals surface area contributed by atoms with Gasteiger partial charge in [0.25, 0.3) is 5.91 Å². The van der Waals surface area contributed by atoms with E-state index in [4.69, 9.17) is 0 Å². The van der Waals surface area contributed by atoms with Gasteiger partial charge in [-0.2, -0.15) is 0 Å². The predicted molar refractivity (Wildman–Crippen MR) is 105 cm³/mol. The Morgan fingerprint density at radius 3 is 2.69 bits per heavy atom. The molecule has 4 aromatic rings. The normalized spacial score (nSPS) is 14.0. The van der Waals surface area contributed by atoms with Crippen molar-refractivity contribution in [3.63, 3.8) is 0 Å². The molecule has 1 saturated carbocycles. The second-order valence-corrected chi connectivity index (χ2v) is 7.09. The van der Waals surface area contributed by atoms with Crippen LogP contribution in [-0.4, -0.2) is 21.8 Å². The summed E-state index contributed by atoms with van der Waals surface area (Å²) >= 11 is 0. The molecule has 1 N–H and O–H groups in total. The summed E-state index contributed by atoms with van der Waals surface area (Å²) in [4.78, 5) is 18.7. The maximum absolute atomic E-state index is 13.4. The van der Waals surface area contributed by atoms with Crippen LogP contribution in [0.3, 0.4) is 0 Å². The van der Waals surface area contributed by atoms with E-state index in [2.05, 4.69) is 41.4 Å². The van der Waals surface area contributed by atoms with Crippen molar-refractivity contribution >= 4 is 27.6 Å². The van der Waals surface area contributed by atoms with Crippen molar-refractivity contribution in [3.05, 3.63) is 84.1 Å². The highest BCUT2D eigenvalue weighted by molar-refractivity contribution is 6.07. The zero-order valence-electron chi connectivity index (χ0n) is 14.5. The van der Waals surface area contributed by atoms with E-state index in [1.165, 1.54) is 10.9 Å². The summed E-state index contributed by atoms with van der Waals surface area (Å²) in [6.07, 6.45) is 4.15. The maximum Gasteiger partial charge on any atom is 0.255 e. The topological polar surface area (TPSA) is 36.1 Å². The molecule has 1 aliphatic rings. The lowest BCUT2D eigenvalue weighted by Crippen LogP contribution is -2.32. The van der Waals surface area contributed by atoms with Gasteiger partial charge in [-0.05, 0) is 52.8 Å². The second-order valence-electron chi connectivity index (χ2n) is 7.09. The number of carbonyl (C=O) groups is 1. The third kappa shape index (κ3) is 2.66. The van der Waals surface area contributed by atoms with Crippen LogP contribution in [0.1, 0.15) is 28.8 Å². The van der Waals surface area contributed by atoms with E-state index in [-0.39, 0.29) is 5.91 Å². The van der Waals surface area contributed by atoms with Gasteiger partial charge in [-0.15, -0.1) is 0 Å². The Morgan fingerprint density at radius 2 is 1.81 bits per heavy atom. The monoisotopic (exact) mass is 340 g/mol. The lowest BCUT2D eigenvalue weighted by atomic mass is 10.0. The van der Waals surface area contributed by atoms with Crippen LogP contribution < -0.4 is 0 Å². The molecule has 3 heteroatoms. The summed E-state index contributed by atoms with van der Waals surface area (Å²) in [7, 11) is 0. The van der Waals surface area contributed by atoms with Gasteiger partial charge in [-0.25, -0.2) is 0 Å². The third-order valence-electron chi connectivity index (χ3n) is 5.24. The number of rotatable bonds is 4. The minimum atomic E-state index is 0.135. The highest BCUT2D eigenvalue weighted by atomic mass is 16.2. The lowest BCUT2D eigenvalue weighted by molar-refractivity contribution is 0.0732. The number of aromatic nitrogens is 1. The zero-order chi connectivity index (χ0) is 17.5. The molecule has 5 rings (SSSR count). The fraction of sp³-hybridized carbons (Fsp3) is 0.174. The van der Waals surface area contributed by atoms with Crippen molar-refractivity contribution in [2.45, 2.75) is 25.4 Å². The van der Waals surface area contributed by atoms with Gasteiger partial charge < -0.3 is 9.88 Å². The number of nitrogens with one attached hydrogen (secondary N) is 1. The van der Waals surface area contributed by atoms with Crippen LogP contribution in [0, 0.1) is 0 Å². The number of carbonyl (C=O) groups excluding carboxylic acids is 1. The summed E-state index contributed by atoms with van der Waals surface area (Å²) in [5.74, 6) is 0.135. The van der Waals surface area contributed by atoms with Crippen LogP contribution in [-0.2, 0) is 6.54 Å². The van der Waals surface area contributed by atoms with E-state index < -0.39 is 0 Å². The molecule has 1 amide bonds. The molecule has 1 aliphatic carbocycles. The smallest absolute Gasteiger partial charge is 0.255 e. The first-order valence-corrected chi connectivity index (χ1v) is 9.14. The molecule has 1 fully saturated rings. The second kappa shape index (κ2) is 6.03. The van der Waals surface area contributed by atoms with Crippen LogP contribution >= 0.6 is 0 Å². The van der Waals surface area contributed by atoms with Gasteiger partial charge >= 0.3 is 0 Å². The average molecular weight is 340 g/mol. The summed E-state index contributed by atoms with van der Waals surface area (Å²) in [5, 5.41) is 3.35. The van der Waals surface area contributed by atoms with E-state index in [1.54, 1.807) is 0 Å². The van der Waals surface area contributed by atoms with Crippen molar-refractivity contribution in [1.29, 1.82) is 0 Å². The number of fused-ring (bicyclic) bond motifs is 2. The summed E-state index contributed by atoms with van der Waals surface area (Å²) in [6, 6.07) is 22.9. The molecule has 1 aromatic heterocycles. The van der Waals surface area contributed by atoms with Crippen molar-refractivity contribution in [1.82, 2.24) is 9.88 Å². The predicted octanol–water partition coefficient (Wildman–Crippen LogP) is 5.13. The molecule has 0 atom stereocenters. The van der Waals surface area contributed by atoms with Crippen LogP contribution in [0.2, 0.25) is 0 Å². The van der Waals surface area contributed by atoms with Crippen LogP contribution in [0.4, 0.5) is 0 Å². The molecular formula is C23H20N2O. The number of nitrogens with zero attached hydrogens (tertiary/aromatic N) is 1. The van der Waals surface area contributed by atoms with Crippen molar-refractivity contribution in [2.75, 3.05) is 0 Å². The van der Waals surface area contributed by atoms with Gasteiger partial charge in [0.15, 0.2) is 0 Å². The number of aromatic amines is 1. The summed E-state index contributed by atoms with van der Waals surface area (Å²) in [6.45, 7) is 0.654. The van der Waals surface area contributed by atoms with E-state index >= 15 is 0 Å². The van der Waals surface area contributed by atoms with E-state index in [0.29, 0.717) is 12.6 Å². The number of hydrogen-bond acceptors (Lipinski definition) is 1. The molecule has 0 saturated heterocycles. The van der Waals surface area contributed by atoms with Crippen molar-refractivity contribution in [3.8, 4) is 0 Å². The molecule has 0 aliphatic heterocycles. The summed E-state index contributed by atoms with van der Waals surface area (Å²) in [5.41, 5.74) is 3.09. The fourth-order valence-electron chi connectivity index (χ4n) is 3.71. The molecule has 128 valence electrons. The Morgan fingerprint density at radius 1 is 0.962 bits per heavy atom. The van der Waals surface area contributed by atoms with Crippen LogP contribution in [0.15, 0.2) is 72.9 Å². The van der Waals surface area contributed by atoms with Gasteiger partial charge in [0.2, 0.25) is 0 Å². The van der Waals surface area contributed by atoms with Gasteiger partial charge in [-0.3, -0.25) is 4.79 Å². The Labute approximate surface area is 152 Å². The van der Waals surface area contributed by atoms with Crippen LogP contribution in [0.5, 0.6) is 0 Å². The number of benzene rings is 3. The molecular weight excluding hydrogens is 320 g/mol. The Kier molecular flexibility index (Phi) is 3.52. The molecule has 0 radical (unpaired) electrons. The lowest BCUT2D eigenvalue weighted by Gasteiger charge is -2.23. The largest absolute Gasteiger partial charge is 0.361 e. The Bertz CT molecular complexity index is 1100. The molecule has 0 bridgehead atoms.